The van der Waals surface area contributed by atoms with Crippen molar-refractivity contribution >= 4 is 0 Å². The first-order chi connectivity index (χ1) is 9.72. The summed E-state index contributed by atoms with van der Waals surface area (Å²) in [6, 6.07) is 11.0. The van der Waals surface area contributed by atoms with Crippen molar-refractivity contribution in [3.05, 3.63) is 53.9 Å². The van der Waals surface area contributed by atoms with Crippen LogP contribution in [0.5, 0.6) is 0 Å². The number of benzene rings is 1. The van der Waals surface area contributed by atoms with E-state index >= 15 is 0 Å². The molecule has 0 atom stereocenters. The van der Waals surface area contributed by atoms with Gasteiger partial charge in [-0.1, -0.05) is 38.1 Å². The molecule has 0 bridgehead atoms. The monoisotopic (exact) mass is 268 g/mol. The number of aryl methyl sites for hydroxylation is 1. The largest absolute Gasteiger partial charge is 0.299 e. The maximum absolute atomic E-state index is 4.26. The highest BCUT2D eigenvalue weighted by atomic mass is 15.1. The number of aromatic nitrogens is 1. The van der Waals surface area contributed by atoms with Crippen LogP contribution in [0.25, 0.3) is 11.1 Å². The van der Waals surface area contributed by atoms with Gasteiger partial charge >= 0.3 is 0 Å². The van der Waals surface area contributed by atoms with Gasteiger partial charge < -0.3 is 0 Å². The van der Waals surface area contributed by atoms with Gasteiger partial charge in [-0.3, -0.25) is 9.88 Å². The van der Waals surface area contributed by atoms with Crippen molar-refractivity contribution < 1.29 is 0 Å². The highest BCUT2D eigenvalue weighted by molar-refractivity contribution is 5.63. The van der Waals surface area contributed by atoms with Gasteiger partial charge in [0.25, 0.3) is 0 Å². The fraction of sp³-hybridized carbons (Fsp3) is 0.389. The van der Waals surface area contributed by atoms with Gasteiger partial charge in [-0.15, -0.1) is 0 Å². The molecule has 0 aliphatic carbocycles. The molecule has 0 N–H and O–H groups in total. The van der Waals surface area contributed by atoms with Gasteiger partial charge in [0.05, 0.1) is 0 Å². The van der Waals surface area contributed by atoms with Crippen LogP contribution in [0.1, 0.15) is 31.4 Å². The molecule has 1 aromatic carbocycles. The zero-order chi connectivity index (χ0) is 14.4. The van der Waals surface area contributed by atoms with E-state index in [9.17, 15) is 0 Å². The number of nitrogens with zero attached hydrogens (tertiary/aromatic N) is 2. The average molecular weight is 268 g/mol. The Hall–Kier alpha value is -1.67. The van der Waals surface area contributed by atoms with Gasteiger partial charge in [0.15, 0.2) is 0 Å². The first-order valence-electron chi connectivity index (χ1n) is 7.46. The Morgan fingerprint density at radius 1 is 1.00 bits per heavy atom. The first kappa shape index (κ1) is 14.7. The van der Waals surface area contributed by atoms with E-state index in [0.29, 0.717) is 0 Å². The molecule has 1 aromatic heterocycles. The molecule has 2 rings (SSSR count). The Labute approximate surface area is 122 Å². The van der Waals surface area contributed by atoms with E-state index in [1.165, 1.54) is 35.2 Å². The zero-order valence-corrected chi connectivity index (χ0v) is 12.8. The summed E-state index contributed by atoms with van der Waals surface area (Å²) in [6.45, 7) is 9.85. The molecule has 1 heterocycles. The number of hydrogen-bond donors (Lipinski definition) is 0. The Morgan fingerprint density at radius 3 is 2.35 bits per heavy atom. The van der Waals surface area contributed by atoms with Crippen LogP contribution in [-0.4, -0.2) is 23.0 Å². The average Bonchev–Trinajstić information content (AvgIpc) is 2.47. The highest BCUT2D eigenvalue weighted by Gasteiger charge is 2.03. The third kappa shape index (κ3) is 3.91. The first-order valence-corrected chi connectivity index (χ1v) is 7.46. The van der Waals surface area contributed by atoms with Crippen molar-refractivity contribution in [2.45, 2.75) is 33.7 Å². The van der Waals surface area contributed by atoms with Crippen molar-refractivity contribution in [3.63, 3.8) is 0 Å². The van der Waals surface area contributed by atoms with Crippen LogP contribution in [0.4, 0.5) is 0 Å². The van der Waals surface area contributed by atoms with Crippen LogP contribution in [0.3, 0.4) is 0 Å². The normalized spacial score (nSPS) is 11.0. The van der Waals surface area contributed by atoms with Crippen LogP contribution < -0.4 is 0 Å². The van der Waals surface area contributed by atoms with Crippen LogP contribution >= 0.6 is 0 Å². The Balaban J connectivity index is 2.10. The molecule has 0 spiro atoms. The van der Waals surface area contributed by atoms with Crippen molar-refractivity contribution in [2.75, 3.05) is 13.1 Å². The summed E-state index contributed by atoms with van der Waals surface area (Å²) in [6.07, 6.45) is 5.03. The minimum atomic E-state index is 1.04. The van der Waals surface area contributed by atoms with Gasteiger partial charge in [-0.2, -0.15) is 0 Å². The minimum absolute atomic E-state index is 1.04. The molecule has 0 fully saturated rings. The van der Waals surface area contributed by atoms with Crippen LogP contribution in [0, 0.1) is 6.92 Å². The molecule has 0 amide bonds. The summed E-state index contributed by atoms with van der Waals surface area (Å²) in [5.74, 6) is 0. The highest BCUT2D eigenvalue weighted by Crippen LogP contribution is 2.20. The van der Waals surface area contributed by atoms with Crippen LogP contribution in [-0.2, 0) is 6.54 Å². The Kier molecular flexibility index (Phi) is 5.31. The molecular weight excluding hydrogens is 244 g/mol. The van der Waals surface area contributed by atoms with Crippen LogP contribution in [0.15, 0.2) is 42.7 Å². The standard InChI is InChI=1S/C18H24N2/c1-4-10-20(5-2)14-16-6-8-17(9-7-16)18-11-15(3)12-19-13-18/h6-9,11-13H,4-5,10,14H2,1-3H3. The minimum Gasteiger partial charge on any atom is -0.299 e. The van der Waals surface area contributed by atoms with Gasteiger partial charge in [0.1, 0.15) is 0 Å². The second-order valence-electron chi connectivity index (χ2n) is 5.32. The summed E-state index contributed by atoms with van der Waals surface area (Å²) in [5, 5.41) is 0. The quantitative estimate of drug-likeness (QED) is 0.777. The van der Waals surface area contributed by atoms with E-state index in [4.69, 9.17) is 0 Å². The lowest BCUT2D eigenvalue weighted by Gasteiger charge is -2.19. The summed E-state index contributed by atoms with van der Waals surface area (Å²) in [5.41, 5.74) is 5.01. The molecule has 2 aromatic rings. The smallest absolute Gasteiger partial charge is 0.0346 e. The topological polar surface area (TPSA) is 16.1 Å². The molecule has 20 heavy (non-hydrogen) atoms. The maximum atomic E-state index is 4.26. The summed E-state index contributed by atoms with van der Waals surface area (Å²) >= 11 is 0. The van der Waals surface area contributed by atoms with Gasteiger partial charge in [-0.05, 0) is 49.2 Å². The molecule has 106 valence electrons. The third-order valence-corrected chi connectivity index (χ3v) is 3.56. The molecular formula is C18H24N2. The number of rotatable bonds is 6. The van der Waals surface area contributed by atoms with Gasteiger partial charge in [-0.25, -0.2) is 0 Å². The van der Waals surface area contributed by atoms with Gasteiger partial charge in [0.2, 0.25) is 0 Å². The Bertz CT molecular complexity index is 531. The van der Waals surface area contributed by atoms with Crippen molar-refractivity contribution in [1.82, 2.24) is 9.88 Å². The van der Waals surface area contributed by atoms with Crippen LogP contribution in [0.2, 0.25) is 0 Å². The molecule has 0 saturated heterocycles. The lowest BCUT2D eigenvalue weighted by molar-refractivity contribution is 0.280. The zero-order valence-electron chi connectivity index (χ0n) is 12.8. The summed E-state index contributed by atoms with van der Waals surface area (Å²) < 4.78 is 0. The molecule has 2 nitrogen and oxygen atoms in total. The lowest BCUT2D eigenvalue weighted by Crippen LogP contribution is -2.23. The van der Waals surface area contributed by atoms with Gasteiger partial charge in [0, 0.05) is 24.5 Å². The third-order valence-electron chi connectivity index (χ3n) is 3.56. The SMILES string of the molecule is CCCN(CC)Cc1ccc(-c2cncc(C)c2)cc1. The fourth-order valence-electron chi connectivity index (χ4n) is 2.44. The summed E-state index contributed by atoms with van der Waals surface area (Å²) in [4.78, 5) is 6.74. The predicted molar refractivity (Wildman–Crippen MR) is 85.7 cm³/mol. The van der Waals surface area contributed by atoms with E-state index in [0.717, 1.165) is 13.1 Å². The van der Waals surface area contributed by atoms with E-state index in [2.05, 4.69) is 61.0 Å². The van der Waals surface area contributed by atoms with Crippen molar-refractivity contribution in [2.24, 2.45) is 0 Å². The van der Waals surface area contributed by atoms with E-state index in [1.807, 2.05) is 12.4 Å². The summed E-state index contributed by atoms with van der Waals surface area (Å²) in [7, 11) is 0. The Morgan fingerprint density at radius 2 is 1.75 bits per heavy atom. The van der Waals surface area contributed by atoms with E-state index in [-0.39, 0.29) is 0 Å². The number of hydrogen-bond acceptors (Lipinski definition) is 2. The predicted octanol–water partition coefficient (Wildman–Crippen LogP) is 4.29. The fourth-order valence-corrected chi connectivity index (χ4v) is 2.44. The van der Waals surface area contributed by atoms with Crippen molar-refractivity contribution in [1.29, 1.82) is 0 Å². The number of pyridine rings is 1. The molecule has 0 unspecified atom stereocenters. The van der Waals surface area contributed by atoms with Crippen molar-refractivity contribution in [3.8, 4) is 11.1 Å². The molecule has 0 saturated carbocycles. The molecule has 0 aliphatic rings. The maximum Gasteiger partial charge on any atom is 0.0346 e. The van der Waals surface area contributed by atoms with E-state index < -0.39 is 0 Å². The molecule has 0 radical (unpaired) electrons. The molecule has 2 heteroatoms. The van der Waals surface area contributed by atoms with E-state index in [1.54, 1.807) is 0 Å². The second-order valence-corrected chi connectivity index (χ2v) is 5.32. The molecule has 0 aliphatic heterocycles. The second kappa shape index (κ2) is 7.20. The lowest BCUT2D eigenvalue weighted by atomic mass is 10.0.